The Morgan fingerprint density at radius 1 is 1.33 bits per heavy atom. The Bertz CT molecular complexity index is 356. The van der Waals surface area contributed by atoms with E-state index in [1.54, 1.807) is 0 Å². The molecule has 0 aliphatic carbocycles. The van der Waals surface area contributed by atoms with Crippen molar-refractivity contribution in [1.82, 2.24) is 14.7 Å². The molecule has 1 aromatic rings. The molecular weight excluding hydrogens is 222 g/mol. The van der Waals surface area contributed by atoms with Crippen molar-refractivity contribution in [2.24, 2.45) is 5.92 Å². The molecule has 1 saturated heterocycles. The van der Waals surface area contributed by atoms with Crippen molar-refractivity contribution >= 4 is 0 Å². The molecule has 0 spiro atoms. The number of aromatic nitrogens is 2. The number of rotatable bonds is 4. The van der Waals surface area contributed by atoms with Crippen LogP contribution in [0.3, 0.4) is 0 Å². The third-order valence-corrected chi connectivity index (χ3v) is 4.11. The van der Waals surface area contributed by atoms with Crippen LogP contribution in [0.1, 0.15) is 58.1 Å². The summed E-state index contributed by atoms with van der Waals surface area (Å²) in [5, 5.41) is 4.43. The smallest absolute Gasteiger partial charge is 0.0534 e. The second-order valence-electron chi connectivity index (χ2n) is 5.90. The van der Waals surface area contributed by atoms with Crippen LogP contribution >= 0.6 is 0 Å². The molecule has 18 heavy (non-hydrogen) atoms. The number of hydrogen-bond acceptors (Lipinski definition) is 2. The van der Waals surface area contributed by atoms with Gasteiger partial charge in [0.2, 0.25) is 0 Å². The summed E-state index contributed by atoms with van der Waals surface area (Å²) in [7, 11) is 0. The van der Waals surface area contributed by atoms with Crippen LogP contribution in [0.5, 0.6) is 0 Å². The first kappa shape index (κ1) is 13.6. The van der Waals surface area contributed by atoms with E-state index in [1.165, 1.54) is 44.3 Å². The van der Waals surface area contributed by atoms with Crippen LogP contribution in [0.2, 0.25) is 0 Å². The van der Waals surface area contributed by atoms with Crippen molar-refractivity contribution in [3.05, 3.63) is 18.0 Å². The first-order valence-electron chi connectivity index (χ1n) is 7.44. The van der Waals surface area contributed by atoms with Crippen molar-refractivity contribution in [3.8, 4) is 0 Å². The fourth-order valence-corrected chi connectivity index (χ4v) is 2.79. The highest BCUT2D eigenvalue weighted by Gasteiger charge is 2.16. The van der Waals surface area contributed by atoms with E-state index in [2.05, 4.69) is 41.6 Å². The normalized spacial score (nSPS) is 22.3. The van der Waals surface area contributed by atoms with Crippen molar-refractivity contribution in [1.29, 1.82) is 0 Å². The molecule has 0 aromatic carbocycles. The van der Waals surface area contributed by atoms with E-state index < -0.39 is 0 Å². The second kappa shape index (κ2) is 6.37. The van der Waals surface area contributed by atoms with Crippen LogP contribution in [0.4, 0.5) is 0 Å². The summed E-state index contributed by atoms with van der Waals surface area (Å²) in [6.07, 6.45) is 9.72. The second-order valence-corrected chi connectivity index (χ2v) is 5.90. The van der Waals surface area contributed by atoms with E-state index in [-0.39, 0.29) is 0 Å². The zero-order chi connectivity index (χ0) is 13.0. The Labute approximate surface area is 111 Å². The Morgan fingerprint density at radius 2 is 2.17 bits per heavy atom. The Morgan fingerprint density at radius 3 is 2.83 bits per heavy atom. The van der Waals surface area contributed by atoms with Gasteiger partial charge in [0.15, 0.2) is 0 Å². The quantitative estimate of drug-likeness (QED) is 0.814. The van der Waals surface area contributed by atoms with Gasteiger partial charge >= 0.3 is 0 Å². The Balaban J connectivity index is 1.88. The van der Waals surface area contributed by atoms with Gasteiger partial charge in [-0.1, -0.05) is 13.3 Å². The molecule has 3 heteroatoms. The third kappa shape index (κ3) is 3.58. The first-order valence-corrected chi connectivity index (χ1v) is 7.44. The summed E-state index contributed by atoms with van der Waals surface area (Å²) in [5.41, 5.74) is 1.36. The summed E-state index contributed by atoms with van der Waals surface area (Å²) in [5.74, 6) is 0.952. The van der Waals surface area contributed by atoms with Crippen LogP contribution in [0.15, 0.2) is 12.4 Å². The van der Waals surface area contributed by atoms with E-state index in [9.17, 15) is 0 Å². The van der Waals surface area contributed by atoms with Gasteiger partial charge in [-0.25, -0.2) is 0 Å². The van der Waals surface area contributed by atoms with E-state index in [1.807, 2.05) is 6.20 Å². The molecule has 2 heterocycles. The lowest BCUT2D eigenvalue weighted by atomic mass is 9.98. The maximum Gasteiger partial charge on any atom is 0.0534 e. The fraction of sp³-hybridized carbons (Fsp3) is 0.800. The molecule has 1 atom stereocenters. The standard InChI is InChI=1S/C15H27N3/c1-4-14-6-5-8-17(9-7-14)11-15-10-16-18(12-15)13(2)3/h10,12-14H,4-9,11H2,1-3H3. The number of hydrogen-bond donors (Lipinski definition) is 0. The molecule has 1 fully saturated rings. The lowest BCUT2D eigenvalue weighted by molar-refractivity contribution is 0.272. The average molecular weight is 249 g/mol. The lowest BCUT2D eigenvalue weighted by Gasteiger charge is -2.19. The highest BCUT2D eigenvalue weighted by Crippen LogP contribution is 2.21. The van der Waals surface area contributed by atoms with Gasteiger partial charge < -0.3 is 0 Å². The van der Waals surface area contributed by atoms with E-state index in [4.69, 9.17) is 0 Å². The van der Waals surface area contributed by atoms with Crippen molar-refractivity contribution in [2.75, 3.05) is 13.1 Å². The minimum Gasteiger partial charge on any atom is -0.299 e. The van der Waals surface area contributed by atoms with Crippen LogP contribution in [0, 0.1) is 5.92 Å². The average Bonchev–Trinajstić information content (AvgIpc) is 2.69. The van der Waals surface area contributed by atoms with Crippen molar-refractivity contribution in [2.45, 2.75) is 59.0 Å². The van der Waals surface area contributed by atoms with Crippen molar-refractivity contribution in [3.63, 3.8) is 0 Å². The summed E-state index contributed by atoms with van der Waals surface area (Å²) < 4.78 is 2.06. The molecule has 0 N–H and O–H groups in total. The molecule has 102 valence electrons. The molecule has 1 aliphatic heterocycles. The van der Waals surface area contributed by atoms with Gasteiger partial charge in [-0.05, 0) is 52.1 Å². The fourth-order valence-electron chi connectivity index (χ4n) is 2.79. The molecule has 3 nitrogen and oxygen atoms in total. The minimum atomic E-state index is 0.465. The van der Waals surface area contributed by atoms with Crippen LogP contribution in [0.25, 0.3) is 0 Å². The summed E-state index contributed by atoms with van der Waals surface area (Å²) in [6.45, 7) is 10.3. The van der Waals surface area contributed by atoms with Crippen LogP contribution in [-0.4, -0.2) is 27.8 Å². The highest BCUT2D eigenvalue weighted by molar-refractivity contribution is 5.04. The van der Waals surface area contributed by atoms with Gasteiger partial charge in [0, 0.05) is 24.3 Å². The van der Waals surface area contributed by atoms with E-state index in [0.717, 1.165) is 12.5 Å². The first-order chi connectivity index (χ1) is 8.69. The summed E-state index contributed by atoms with van der Waals surface area (Å²) >= 11 is 0. The van der Waals surface area contributed by atoms with E-state index in [0.29, 0.717) is 6.04 Å². The Hall–Kier alpha value is -0.830. The molecule has 0 saturated carbocycles. The minimum absolute atomic E-state index is 0.465. The molecule has 2 rings (SSSR count). The van der Waals surface area contributed by atoms with Crippen LogP contribution < -0.4 is 0 Å². The molecule has 0 radical (unpaired) electrons. The molecule has 1 aromatic heterocycles. The zero-order valence-corrected chi connectivity index (χ0v) is 12.1. The van der Waals surface area contributed by atoms with Gasteiger partial charge in [0.1, 0.15) is 0 Å². The zero-order valence-electron chi connectivity index (χ0n) is 12.1. The summed E-state index contributed by atoms with van der Waals surface area (Å²) in [6, 6.07) is 0.465. The van der Waals surface area contributed by atoms with Crippen molar-refractivity contribution < 1.29 is 0 Å². The SMILES string of the molecule is CCC1CCCN(Cc2cnn(C(C)C)c2)CC1. The number of likely N-dealkylation sites (tertiary alicyclic amines) is 1. The number of nitrogens with zero attached hydrogens (tertiary/aromatic N) is 3. The Kier molecular flexibility index (Phi) is 4.81. The maximum atomic E-state index is 4.43. The molecule has 0 bridgehead atoms. The molecule has 1 unspecified atom stereocenters. The topological polar surface area (TPSA) is 21.1 Å². The molecule has 0 amide bonds. The monoisotopic (exact) mass is 249 g/mol. The lowest BCUT2D eigenvalue weighted by Crippen LogP contribution is -2.24. The maximum absolute atomic E-state index is 4.43. The van der Waals surface area contributed by atoms with E-state index >= 15 is 0 Å². The van der Waals surface area contributed by atoms with Crippen LogP contribution in [-0.2, 0) is 6.54 Å². The van der Waals surface area contributed by atoms with Gasteiger partial charge in [-0.2, -0.15) is 5.10 Å². The summed E-state index contributed by atoms with van der Waals surface area (Å²) in [4.78, 5) is 2.59. The predicted octanol–water partition coefficient (Wildman–Crippen LogP) is 3.48. The molecule has 1 aliphatic rings. The van der Waals surface area contributed by atoms with Gasteiger partial charge in [-0.3, -0.25) is 9.58 Å². The third-order valence-electron chi connectivity index (χ3n) is 4.11. The largest absolute Gasteiger partial charge is 0.299 e. The predicted molar refractivity (Wildman–Crippen MR) is 75.5 cm³/mol. The highest BCUT2D eigenvalue weighted by atomic mass is 15.3. The van der Waals surface area contributed by atoms with Gasteiger partial charge in [0.25, 0.3) is 0 Å². The van der Waals surface area contributed by atoms with Gasteiger partial charge in [0.05, 0.1) is 6.20 Å². The molecular formula is C15H27N3. The van der Waals surface area contributed by atoms with Gasteiger partial charge in [-0.15, -0.1) is 0 Å².